The maximum atomic E-state index is 11.7. The number of aliphatic hydroxyl groups excluding tert-OH is 1. The Morgan fingerprint density at radius 3 is 2.75 bits per heavy atom. The van der Waals surface area contributed by atoms with Gasteiger partial charge in [0, 0.05) is 12.8 Å². The van der Waals surface area contributed by atoms with Crippen molar-refractivity contribution in [3.63, 3.8) is 0 Å². The molecule has 2 heterocycles. The van der Waals surface area contributed by atoms with E-state index < -0.39 is 35.6 Å². The first-order chi connectivity index (χ1) is 9.43. The van der Waals surface area contributed by atoms with Gasteiger partial charge in [-0.1, -0.05) is 6.92 Å². The van der Waals surface area contributed by atoms with Crippen LogP contribution in [0.5, 0.6) is 0 Å². The van der Waals surface area contributed by atoms with Crippen LogP contribution in [0.25, 0.3) is 0 Å². The standard InChI is InChI=1S/C12H15NO7/c1-5-9(7-4-18-12(17)13-11(7)16)20-8(3-14)10(5)19-6(2)15/h4-5,8-10,14H,3H2,1-2H3,(H,13,16,17)/t5-,8+,9+,10-/m0/s1. The molecule has 0 aliphatic carbocycles. The molecule has 1 aliphatic heterocycles. The zero-order valence-electron chi connectivity index (χ0n) is 11.0. The molecule has 1 fully saturated rings. The van der Waals surface area contributed by atoms with Gasteiger partial charge >= 0.3 is 11.7 Å². The van der Waals surface area contributed by atoms with Crippen LogP contribution < -0.4 is 11.3 Å². The summed E-state index contributed by atoms with van der Waals surface area (Å²) in [4.78, 5) is 35.7. The summed E-state index contributed by atoms with van der Waals surface area (Å²) in [6, 6.07) is 0. The molecule has 0 radical (unpaired) electrons. The van der Waals surface area contributed by atoms with Gasteiger partial charge in [0.1, 0.15) is 18.5 Å². The molecule has 1 aromatic heterocycles. The molecule has 0 aromatic carbocycles. The number of aromatic nitrogens is 1. The van der Waals surface area contributed by atoms with Crippen LogP contribution in [-0.2, 0) is 14.3 Å². The number of hydrogen-bond acceptors (Lipinski definition) is 7. The predicted octanol–water partition coefficient (Wildman–Crippen LogP) is -0.672. The third kappa shape index (κ3) is 2.66. The number of carbonyl (C=O) groups excluding carboxylic acids is 1. The van der Waals surface area contributed by atoms with E-state index in [2.05, 4.69) is 4.42 Å². The van der Waals surface area contributed by atoms with Crippen LogP contribution in [0.1, 0.15) is 25.5 Å². The van der Waals surface area contributed by atoms with Gasteiger partial charge in [0.05, 0.1) is 18.3 Å². The van der Waals surface area contributed by atoms with Gasteiger partial charge in [0.15, 0.2) is 0 Å². The van der Waals surface area contributed by atoms with Crippen LogP contribution in [0.2, 0.25) is 0 Å². The number of H-pyrrole nitrogens is 1. The lowest BCUT2D eigenvalue weighted by Gasteiger charge is -2.19. The second-order valence-corrected chi connectivity index (χ2v) is 4.64. The molecule has 0 saturated carbocycles. The number of rotatable bonds is 3. The number of ether oxygens (including phenoxy) is 2. The van der Waals surface area contributed by atoms with Crippen molar-refractivity contribution in [3.05, 3.63) is 32.7 Å². The molecule has 8 heteroatoms. The second-order valence-electron chi connectivity index (χ2n) is 4.64. The summed E-state index contributed by atoms with van der Waals surface area (Å²) in [5.74, 6) is -1.73. The Kier molecular flexibility index (Phi) is 4.05. The monoisotopic (exact) mass is 285 g/mol. The van der Waals surface area contributed by atoms with Crippen molar-refractivity contribution >= 4 is 5.97 Å². The van der Waals surface area contributed by atoms with E-state index in [4.69, 9.17) is 9.47 Å². The zero-order valence-corrected chi connectivity index (χ0v) is 11.0. The number of carbonyl (C=O) groups is 1. The van der Waals surface area contributed by atoms with E-state index in [-0.39, 0.29) is 18.1 Å². The minimum absolute atomic E-state index is 0.116. The summed E-state index contributed by atoms with van der Waals surface area (Å²) < 4.78 is 15.3. The normalized spacial score (nSPS) is 29.4. The summed E-state index contributed by atoms with van der Waals surface area (Å²) >= 11 is 0. The molecular formula is C12H15NO7. The van der Waals surface area contributed by atoms with Crippen molar-refractivity contribution in [2.24, 2.45) is 5.92 Å². The molecule has 0 unspecified atom stereocenters. The highest BCUT2D eigenvalue weighted by Crippen LogP contribution is 2.38. The first kappa shape index (κ1) is 14.5. The van der Waals surface area contributed by atoms with Crippen LogP contribution in [0.4, 0.5) is 0 Å². The average Bonchev–Trinajstić information content (AvgIpc) is 2.67. The number of esters is 1. The number of hydrogen-bond donors (Lipinski definition) is 2. The van der Waals surface area contributed by atoms with Crippen molar-refractivity contribution in [3.8, 4) is 0 Å². The summed E-state index contributed by atoms with van der Waals surface area (Å²) in [6.07, 6.45) is -1.11. The van der Waals surface area contributed by atoms with Crippen molar-refractivity contribution < 1.29 is 23.8 Å². The summed E-state index contributed by atoms with van der Waals surface area (Å²) in [7, 11) is 0. The predicted molar refractivity (Wildman–Crippen MR) is 65.0 cm³/mol. The number of aromatic amines is 1. The molecule has 4 atom stereocenters. The highest BCUT2D eigenvalue weighted by atomic mass is 16.6. The highest BCUT2D eigenvalue weighted by Gasteiger charge is 2.45. The second kappa shape index (κ2) is 5.59. The Balaban J connectivity index is 2.32. The lowest BCUT2D eigenvalue weighted by atomic mass is 9.95. The van der Waals surface area contributed by atoms with Crippen molar-refractivity contribution in [2.75, 3.05) is 6.61 Å². The third-order valence-corrected chi connectivity index (χ3v) is 3.24. The molecular weight excluding hydrogens is 270 g/mol. The molecule has 8 nitrogen and oxygen atoms in total. The smallest absolute Gasteiger partial charge is 0.419 e. The number of nitrogens with one attached hydrogen (secondary N) is 1. The van der Waals surface area contributed by atoms with Gasteiger partial charge < -0.3 is 19.0 Å². The molecule has 2 rings (SSSR count). The Morgan fingerprint density at radius 1 is 1.50 bits per heavy atom. The molecule has 1 saturated heterocycles. The molecule has 0 spiro atoms. The van der Waals surface area contributed by atoms with Crippen LogP contribution in [0.15, 0.2) is 20.3 Å². The summed E-state index contributed by atoms with van der Waals surface area (Å²) in [5.41, 5.74) is -0.511. The SMILES string of the molecule is CC(=O)O[C@H]1[C@@H](C)[C@H](c2coc(=O)[nH]c2=O)O[C@@H]1CO. The Bertz CT molecular complexity index is 604. The molecule has 1 aromatic rings. The lowest BCUT2D eigenvalue weighted by molar-refractivity contribution is -0.151. The molecule has 1 aliphatic rings. The van der Waals surface area contributed by atoms with Crippen LogP contribution in [-0.4, -0.2) is 34.9 Å². The molecule has 0 amide bonds. The van der Waals surface area contributed by atoms with Crippen molar-refractivity contribution in [1.82, 2.24) is 4.98 Å². The third-order valence-electron chi connectivity index (χ3n) is 3.24. The Morgan fingerprint density at radius 2 is 2.20 bits per heavy atom. The van der Waals surface area contributed by atoms with E-state index in [9.17, 15) is 19.5 Å². The van der Waals surface area contributed by atoms with Gasteiger partial charge in [0.2, 0.25) is 0 Å². The average molecular weight is 285 g/mol. The minimum Gasteiger partial charge on any atom is -0.459 e. The van der Waals surface area contributed by atoms with Crippen LogP contribution in [0.3, 0.4) is 0 Å². The van der Waals surface area contributed by atoms with Gasteiger partial charge in [-0.2, -0.15) is 0 Å². The topological polar surface area (TPSA) is 119 Å². The molecule has 110 valence electrons. The van der Waals surface area contributed by atoms with Crippen LogP contribution >= 0.6 is 0 Å². The number of aliphatic hydroxyl groups is 1. The summed E-state index contributed by atoms with van der Waals surface area (Å²) in [6.45, 7) is 2.62. The Hall–Kier alpha value is -1.93. The molecule has 2 N–H and O–H groups in total. The van der Waals surface area contributed by atoms with Gasteiger partial charge in [0.25, 0.3) is 5.56 Å². The van der Waals surface area contributed by atoms with Gasteiger partial charge in [-0.3, -0.25) is 14.6 Å². The van der Waals surface area contributed by atoms with Gasteiger partial charge in [-0.25, -0.2) is 4.79 Å². The molecule has 20 heavy (non-hydrogen) atoms. The van der Waals surface area contributed by atoms with Crippen molar-refractivity contribution in [1.29, 1.82) is 0 Å². The highest BCUT2D eigenvalue weighted by molar-refractivity contribution is 5.66. The van der Waals surface area contributed by atoms with E-state index in [1.807, 2.05) is 4.98 Å². The van der Waals surface area contributed by atoms with Gasteiger partial charge in [-0.05, 0) is 0 Å². The summed E-state index contributed by atoms with van der Waals surface area (Å²) in [5, 5.41) is 9.27. The van der Waals surface area contributed by atoms with Crippen LogP contribution in [0, 0.1) is 5.92 Å². The largest absolute Gasteiger partial charge is 0.459 e. The maximum absolute atomic E-state index is 11.7. The fourth-order valence-electron chi connectivity index (χ4n) is 2.34. The Labute approximate surface area is 113 Å². The zero-order chi connectivity index (χ0) is 14.9. The first-order valence-electron chi connectivity index (χ1n) is 6.09. The quantitative estimate of drug-likeness (QED) is 0.707. The fourth-order valence-corrected chi connectivity index (χ4v) is 2.34. The fraction of sp³-hybridized carbons (Fsp3) is 0.583. The van der Waals surface area contributed by atoms with E-state index in [0.29, 0.717) is 0 Å². The van der Waals surface area contributed by atoms with E-state index in [1.54, 1.807) is 6.92 Å². The van der Waals surface area contributed by atoms with E-state index in [0.717, 1.165) is 6.26 Å². The maximum Gasteiger partial charge on any atom is 0.419 e. The van der Waals surface area contributed by atoms with Crippen molar-refractivity contribution in [2.45, 2.75) is 32.2 Å². The van der Waals surface area contributed by atoms with E-state index in [1.165, 1.54) is 6.92 Å². The van der Waals surface area contributed by atoms with E-state index >= 15 is 0 Å². The lowest BCUT2D eigenvalue weighted by Crippen LogP contribution is -2.33. The van der Waals surface area contributed by atoms with Gasteiger partial charge in [-0.15, -0.1) is 0 Å². The first-order valence-corrected chi connectivity index (χ1v) is 6.09. The molecule has 0 bridgehead atoms. The minimum atomic E-state index is -0.861.